The van der Waals surface area contributed by atoms with Gasteiger partial charge < -0.3 is 10.0 Å². The summed E-state index contributed by atoms with van der Waals surface area (Å²) in [6.07, 6.45) is 4.44. The van der Waals surface area contributed by atoms with Crippen molar-refractivity contribution in [3.8, 4) is 0 Å². The summed E-state index contributed by atoms with van der Waals surface area (Å²) in [5.41, 5.74) is -0.124. The van der Waals surface area contributed by atoms with Gasteiger partial charge in [-0.25, -0.2) is 4.39 Å². The molecule has 0 bridgehead atoms. The maximum atomic E-state index is 13.8. The molecule has 19 heavy (non-hydrogen) atoms. The normalized spacial score (nSPS) is 27.7. The van der Waals surface area contributed by atoms with Crippen molar-refractivity contribution < 1.29 is 9.50 Å². The molecule has 3 heteroatoms. The lowest BCUT2D eigenvalue weighted by Gasteiger charge is -2.41. The Balaban J connectivity index is 2.16. The van der Waals surface area contributed by atoms with Crippen LogP contribution in [0.15, 0.2) is 24.3 Å². The van der Waals surface area contributed by atoms with Gasteiger partial charge in [-0.1, -0.05) is 31.0 Å². The largest absolute Gasteiger partial charge is 0.389 e. The highest BCUT2D eigenvalue weighted by Crippen LogP contribution is 2.37. The molecule has 1 saturated carbocycles. The second-order valence-corrected chi connectivity index (χ2v) is 6.08. The maximum absolute atomic E-state index is 13.8. The number of halogens is 1. The van der Waals surface area contributed by atoms with Crippen molar-refractivity contribution in [3.63, 3.8) is 0 Å². The highest BCUT2D eigenvalue weighted by Gasteiger charge is 2.39. The van der Waals surface area contributed by atoms with E-state index in [0.29, 0.717) is 12.0 Å². The van der Waals surface area contributed by atoms with E-state index >= 15 is 0 Å². The van der Waals surface area contributed by atoms with Crippen LogP contribution in [0.1, 0.15) is 31.2 Å². The van der Waals surface area contributed by atoms with Gasteiger partial charge in [-0.15, -0.1) is 0 Å². The Hall–Kier alpha value is -0.930. The van der Waals surface area contributed by atoms with Gasteiger partial charge in [-0.3, -0.25) is 0 Å². The van der Waals surface area contributed by atoms with Crippen molar-refractivity contribution in [1.82, 2.24) is 4.90 Å². The zero-order valence-corrected chi connectivity index (χ0v) is 11.9. The summed E-state index contributed by atoms with van der Waals surface area (Å²) in [7, 11) is 4.05. The lowest BCUT2D eigenvalue weighted by molar-refractivity contribution is -0.0557. The predicted octanol–water partition coefficient (Wildman–Crippen LogP) is 2.85. The van der Waals surface area contributed by atoms with Gasteiger partial charge in [0.15, 0.2) is 0 Å². The Morgan fingerprint density at radius 1 is 1.32 bits per heavy atom. The van der Waals surface area contributed by atoms with Crippen LogP contribution in [0.25, 0.3) is 0 Å². The molecular weight excluding hydrogens is 241 g/mol. The molecule has 1 aromatic carbocycles. The van der Waals surface area contributed by atoms with E-state index in [-0.39, 0.29) is 11.7 Å². The van der Waals surface area contributed by atoms with E-state index in [1.165, 1.54) is 6.07 Å². The van der Waals surface area contributed by atoms with Crippen LogP contribution in [0, 0.1) is 11.7 Å². The van der Waals surface area contributed by atoms with Gasteiger partial charge in [0.1, 0.15) is 5.82 Å². The lowest BCUT2D eigenvalue weighted by atomic mass is 9.72. The van der Waals surface area contributed by atoms with Crippen molar-refractivity contribution >= 4 is 0 Å². The Morgan fingerprint density at radius 2 is 2.05 bits per heavy atom. The van der Waals surface area contributed by atoms with Crippen molar-refractivity contribution in [2.45, 2.75) is 37.7 Å². The maximum Gasteiger partial charge on any atom is 0.126 e. The summed E-state index contributed by atoms with van der Waals surface area (Å²) in [5, 5.41) is 11.0. The van der Waals surface area contributed by atoms with Crippen LogP contribution in [-0.4, -0.2) is 36.2 Å². The third kappa shape index (κ3) is 3.54. The number of aliphatic hydroxyl groups is 1. The van der Waals surface area contributed by atoms with Crippen LogP contribution in [0.2, 0.25) is 0 Å². The second kappa shape index (κ2) is 6.02. The lowest BCUT2D eigenvalue weighted by Crippen LogP contribution is -2.47. The van der Waals surface area contributed by atoms with E-state index in [1.807, 2.05) is 20.2 Å². The van der Waals surface area contributed by atoms with Crippen molar-refractivity contribution in [2.75, 3.05) is 20.6 Å². The van der Waals surface area contributed by atoms with Crippen molar-refractivity contribution in [1.29, 1.82) is 0 Å². The molecule has 2 rings (SSSR count). The molecule has 1 aromatic rings. The molecule has 2 atom stereocenters. The minimum atomic E-state index is -0.759. The van der Waals surface area contributed by atoms with Crippen LogP contribution >= 0.6 is 0 Å². The molecule has 2 nitrogen and oxygen atoms in total. The monoisotopic (exact) mass is 265 g/mol. The Bertz CT molecular complexity index is 421. The standard InChI is InChI=1S/C16H24FNO/c1-18(2)12-14-8-5-6-10-16(14,19)11-13-7-3-4-9-15(13)17/h3-4,7,9,14,19H,5-6,8,10-12H2,1-2H3/t14-,16-/m0/s1. The molecule has 1 N–H and O–H groups in total. The molecule has 106 valence electrons. The average molecular weight is 265 g/mol. The fraction of sp³-hybridized carbons (Fsp3) is 0.625. The molecule has 1 fully saturated rings. The molecule has 0 aliphatic heterocycles. The van der Waals surface area contributed by atoms with Crippen molar-refractivity contribution in [2.24, 2.45) is 5.92 Å². The summed E-state index contributed by atoms with van der Waals surface area (Å²) in [4.78, 5) is 2.11. The molecular formula is C16H24FNO. The highest BCUT2D eigenvalue weighted by atomic mass is 19.1. The molecule has 0 aromatic heterocycles. The Labute approximate surface area is 115 Å². The fourth-order valence-corrected chi connectivity index (χ4v) is 3.20. The van der Waals surface area contributed by atoms with Crippen LogP contribution < -0.4 is 0 Å². The zero-order chi connectivity index (χ0) is 13.9. The molecule has 0 radical (unpaired) electrons. The first-order valence-electron chi connectivity index (χ1n) is 7.12. The molecule has 0 amide bonds. The molecule has 1 aliphatic rings. The van der Waals surface area contributed by atoms with Gasteiger partial charge in [0, 0.05) is 18.9 Å². The van der Waals surface area contributed by atoms with E-state index in [9.17, 15) is 9.50 Å². The molecule has 0 saturated heterocycles. The number of benzene rings is 1. The summed E-state index contributed by atoms with van der Waals surface area (Å²) in [5.74, 6) is 0.0287. The minimum absolute atomic E-state index is 0.204. The summed E-state index contributed by atoms with van der Waals surface area (Å²) in [6.45, 7) is 0.866. The first-order chi connectivity index (χ1) is 9.01. The topological polar surface area (TPSA) is 23.5 Å². The second-order valence-electron chi connectivity index (χ2n) is 6.08. The summed E-state index contributed by atoms with van der Waals surface area (Å²) >= 11 is 0. The minimum Gasteiger partial charge on any atom is -0.389 e. The van der Waals surface area contributed by atoms with Gasteiger partial charge in [0.2, 0.25) is 0 Å². The first-order valence-corrected chi connectivity index (χ1v) is 7.12. The molecule has 1 aliphatic carbocycles. The van der Waals surface area contributed by atoms with E-state index in [4.69, 9.17) is 0 Å². The van der Waals surface area contributed by atoms with Gasteiger partial charge in [-0.2, -0.15) is 0 Å². The van der Waals surface area contributed by atoms with Crippen LogP contribution in [0.4, 0.5) is 4.39 Å². The average Bonchev–Trinajstić information content (AvgIpc) is 2.35. The molecule has 0 spiro atoms. The summed E-state index contributed by atoms with van der Waals surface area (Å²) < 4.78 is 13.8. The van der Waals surface area contributed by atoms with Crippen LogP contribution in [0.5, 0.6) is 0 Å². The van der Waals surface area contributed by atoms with Gasteiger partial charge in [-0.05, 0) is 38.6 Å². The third-order valence-electron chi connectivity index (χ3n) is 4.21. The van der Waals surface area contributed by atoms with E-state index in [2.05, 4.69) is 4.90 Å². The molecule has 0 heterocycles. The fourth-order valence-electron chi connectivity index (χ4n) is 3.20. The van der Waals surface area contributed by atoms with Crippen molar-refractivity contribution in [3.05, 3.63) is 35.6 Å². The number of hydrogen-bond donors (Lipinski definition) is 1. The summed E-state index contributed by atoms with van der Waals surface area (Å²) in [6, 6.07) is 6.80. The SMILES string of the molecule is CN(C)C[C@@H]1CCCC[C@]1(O)Cc1ccccc1F. The van der Waals surface area contributed by atoms with E-state index < -0.39 is 5.60 Å². The Morgan fingerprint density at radius 3 is 2.74 bits per heavy atom. The number of nitrogens with zero attached hydrogens (tertiary/aromatic N) is 1. The molecule has 0 unspecified atom stereocenters. The highest BCUT2D eigenvalue weighted by molar-refractivity contribution is 5.20. The van der Waals surface area contributed by atoms with E-state index in [1.54, 1.807) is 12.1 Å². The number of rotatable bonds is 4. The predicted molar refractivity (Wildman–Crippen MR) is 75.6 cm³/mol. The number of hydrogen-bond acceptors (Lipinski definition) is 2. The van der Waals surface area contributed by atoms with Gasteiger partial charge in [0.25, 0.3) is 0 Å². The third-order valence-corrected chi connectivity index (χ3v) is 4.21. The van der Waals surface area contributed by atoms with Crippen LogP contribution in [0.3, 0.4) is 0 Å². The quantitative estimate of drug-likeness (QED) is 0.905. The first kappa shape index (κ1) is 14.5. The zero-order valence-electron chi connectivity index (χ0n) is 11.9. The Kier molecular flexibility index (Phi) is 4.58. The van der Waals surface area contributed by atoms with E-state index in [0.717, 1.165) is 32.2 Å². The van der Waals surface area contributed by atoms with Gasteiger partial charge in [0.05, 0.1) is 5.60 Å². The van der Waals surface area contributed by atoms with Gasteiger partial charge >= 0.3 is 0 Å². The van der Waals surface area contributed by atoms with Crippen LogP contribution in [-0.2, 0) is 6.42 Å². The smallest absolute Gasteiger partial charge is 0.126 e.